The van der Waals surface area contributed by atoms with Crippen LogP contribution in [0.25, 0.3) is 11.1 Å². The number of hydrogen-bond donors (Lipinski definition) is 3. The van der Waals surface area contributed by atoms with Gasteiger partial charge in [0.25, 0.3) is 5.91 Å². The average molecular weight is 467 g/mol. The first kappa shape index (κ1) is 23.6. The second kappa shape index (κ2) is 8.85. The smallest absolute Gasteiger partial charge is 0.366 e. The third kappa shape index (κ3) is 5.82. The molecule has 0 radical (unpaired) electrons. The van der Waals surface area contributed by atoms with Crippen molar-refractivity contribution < 1.29 is 35.9 Å². The largest absolute Gasteiger partial charge is 0.416 e. The van der Waals surface area contributed by atoms with Crippen molar-refractivity contribution in [3.05, 3.63) is 83.4 Å². The van der Waals surface area contributed by atoms with Crippen LogP contribution in [0.15, 0.2) is 66.7 Å². The fourth-order valence-electron chi connectivity index (χ4n) is 2.98. The second-order valence-corrected chi connectivity index (χ2v) is 6.86. The van der Waals surface area contributed by atoms with Crippen LogP contribution in [0.5, 0.6) is 0 Å². The highest BCUT2D eigenvalue weighted by Gasteiger charge is 2.37. The lowest BCUT2D eigenvalue weighted by Gasteiger charge is -2.16. The summed E-state index contributed by atoms with van der Waals surface area (Å²) in [6.07, 6.45) is -10.1. The van der Waals surface area contributed by atoms with E-state index < -0.39 is 41.1 Å². The van der Waals surface area contributed by atoms with Crippen LogP contribution >= 0.6 is 0 Å². The van der Waals surface area contributed by atoms with Crippen molar-refractivity contribution in [1.29, 1.82) is 0 Å². The Kier molecular flexibility index (Phi) is 6.34. The molecule has 0 aliphatic carbocycles. The molecule has 0 atom stereocenters. The Hall–Kier alpha value is -4.02. The van der Waals surface area contributed by atoms with E-state index in [0.29, 0.717) is 17.7 Å². The van der Waals surface area contributed by atoms with Gasteiger partial charge < -0.3 is 16.4 Å². The average Bonchev–Trinajstić information content (AvgIpc) is 2.72. The molecule has 0 unspecified atom stereocenters. The molecule has 0 saturated heterocycles. The van der Waals surface area contributed by atoms with Crippen LogP contribution in [0.3, 0.4) is 0 Å². The van der Waals surface area contributed by atoms with E-state index in [1.54, 1.807) is 36.4 Å². The maximum Gasteiger partial charge on any atom is 0.416 e. The molecule has 0 fully saturated rings. The van der Waals surface area contributed by atoms with E-state index in [1.165, 1.54) is 12.1 Å². The Labute approximate surface area is 183 Å². The van der Waals surface area contributed by atoms with E-state index in [2.05, 4.69) is 5.32 Å². The van der Waals surface area contributed by atoms with Crippen LogP contribution in [0.1, 0.15) is 21.5 Å². The first-order valence-corrected chi connectivity index (χ1v) is 9.21. The van der Waals surface area contributed by atoms with Crippen molar-refractivity contribution in [2.75, 3.05) is 10.6 Å². The topological polar surface area (TPSA) is 84.2 Å². The number of benzene rings is 3. The van der Waals surface area contributed by atoms with Gasteiger partial charge in [-0.1, -0.05) is 36.4 Å². The summed E-state index contributed by atoms with van der Waals surface area (Å²) in [6.45, 7) is 0. The van der Waals surface area contributed by atoms with Gasteiger partial charge in [-0.25, -0.2) is 4.79 Å². The third-order valence-electron chi connectivity index (χ3n) is 4.49. The summed E-state index contributed by atoms with van der Waals surface area (Å²) in [6, 6.07) is 12.6. The first-order chi connectivity index (χ1) is 15.3. The normalized spacial score (nSPS) is 11.7. The summed E-state index contributed by atoms with van der Waals surface area (Å²) in [5, 5.41) is 4.19. The number of halogens is 6. The molecular weight excluding hydrogens is 452 g/mol. The molecule has 11 heteroatoms. The molecule has 0 aromatic heterocycles. The van der Waals surface area contributed by atoms with Gasteiger partial charge in [-0.15, -0.1) is 0 Å². The van der Waals surface area contributed by atoms with Gasteiger partial charge >= 0.3 is 18.4 Å². The minimum atomic E-state index is -5.07. The third-order valence-corrected chi connectivity index (χ3v) is 4.49. The van der Waals surface area contributed by atoms with Crippen LogP contribution < -0.4 is 16.4 Å². The Balaban J connectivity index is 1.93. The van der Waals surface area contributed by atoms with Gasteiger partial charge in [0, 0.05) is 5.69 Å². The van der Waals surface area contributed by atoms with Crippen LogP contribution in [-0.2, 0) is 12.4 Å². The number of urea groups is 1. The predicted molar refractivity (Wildman–Crippen MR) is 109 cm³/mol. The monoisotopic (exact) mass is 467 g/mol. The highest BCUT2D eigenvalue weighted by Crippen LogP contribution is 2.37. The number of anilines is 2. The van der Waals surface area contributed by atoms with Crippen molar-refractivity contribution >= 4 is 23.3 Å². The summed E-state index contributed by atoms with van der Waals surface area (Å²) in [7, 11) is 0. The summed E-state index contributed by atoms with van der Waals surface area (Å²) >= 11 is 0. The minimum absolute atomic E-state index is 0.0579. The van der Waals surface area contributed by atoms with Gasteiger partial charge in [-0.2, -0.15) is 26.3 Å². The number of nitrogens with two attached hydrogens (primary N) is 1. The van der Waals surface area contributed by atoms with Gasteiger partial charge in [0.1, 0.15) is 0 Å². The molecule has 0 heterocycles. The van der Waals surface area contributed by atoms with Crippen LogP contribution in [0.2, 0.25) is 0 Å². The summed E-state index contributed by atoms with van der Waals surface area (Å²) in [5.74, 6) is -0.900. The number of amides is 3. The van der Waals surface area contributed by atoms with E-state index in [4.69, 9.17) is 5.73 Å². The van der Waals surface area contributed by atoms with Crippen LogP contribution in [-0.4, -0.2) is 11.9 Å². The Morgan fingerprint density at radius 1 is 0.697 bits per heavy atom. The molecule has 172 valence electrons. The maximum absolute atomic E-state index is 13.0. The number of carbonyl (C=O) groups excluding carboxylic acids is 2. The molecule has 3 amide bonds. The number of primary amides is 1. The molecule has 3 aromatic rings. The molecule has 5 nitrogen and oxygen atoms in total. The highest BCUT2D eigenvalue weighted by molar-refractivity contribution is 6.06. The predicted octanol–water partition coefficient (Wildman–Crippen LogP) is 6.13. The van der Waals surface area contributed by atoms with Crippen molar-refractivity contribution in [3.8, 4) is 11.1 Å². The zero-order chi connectivity index (χ0) is 24.4. The Morgan fingerprint density at radius 2 is 1.27 bits per heavy atom. The number of hydrogen-bond acceptors (Lipinski definition) is 2. The lowest BCUT2D eigenvalue weighted by Crippen LogP contribution is -2.23. The molecule has 0 bridgehead atoms. The SMILES string of the molecule is NC(=O)c1ccc(-c2ccccc2)cc1NC(=O)Nc1cc(C(F)(F)F)cc(C(F)(F)F)c1. The van der Waals surface area contributed by atoms with E-state index in [-0.39, 0.29) is 17.3 Å². The lowest BCUT2D eigenvalue weighted by atomic mass is 10.0. The van der Waals surface area contributed by atoms with E-state index >= 15 is 0 Å². The minimum Gasteiger partial charge on any atom is -0.366 e. The molecule has 3 rings (SSSR count). The van der Waals surface area contributed by atoms with Gasteiger partial charge in [0.05, 0.1) is 22.4 Å². The molecule has 4 N–H and O–H groups in total. The van der Waals surface area contributed by atoms with Crippen LogP contribution in [0, 0.1) is 0 Å². The molecule has 0 spiro atoms. The molecule has 3 aromatic carbocycles. The molecule has 0 aliphatic heterocycles. The van der Waals surface area contributed by atoms with E-state index in [0.717, 1.165) is 5.56 Å². The van der Waals surface area contributed by atoms with Gasteiger partial charge in [0.15, 0.2) is 0 Å². The van der Waals surface area contributed by atoms with Gasteiger partial charge in [-0.3, -0.25) is 4.79 Å². The highest BCUT2D eigenvalue weighted by atomic mass is 19.4. The molecule has 33 heavy (non-hydrogen) atoms. The van der Waals surface area contributed by atoms with Gasteiger partial charge in [0.2, 0.25) is 0 Å². The summed E-state index contributed by atoms with van der Waals surface area (Å²) in [4.78, 5) is 24.1. The summed E-state index contributed by atoms with van der Waals surface area (Å²) < 4.78 is 78.1. The standard InChI is InChI=1S/C22H15F6N3O2/c23-21(24,25)14-9-15(22(26,27)28)11-16(10-14)30-20(33)31-18-8-13(6-7-17(18)19(29)32)12-4-2-1-3-5-12/h1-11H,(H2,29,32)(H2,30,31,33). The Morgan fingerprint density at radius 3 is 1.79 bits per heavy atom. The quantitative estimate of drug-likeness (QED) is 0.403. The van der Waals surface area contributed by atoms with E-state index in [1.807, 2.05) is 5.32 Å². The lowest BCUT2D eigenvalue weighted by molar-refractivity contribution is -0.143. The molecule has 0 saturated carbocycles. The molecule has 0 aliphatic rings. The van der Waals surface area contributed by atoms with E-state index in [9.17, 15) is 35.9 Å². The number of carbonyl (C=O) groups is 2. The second-order valence-electron chi connectivity index (χ2n) is 6.86. The zero-order valence-corrected chi connectivity index (χ0v) is 16.5. The Bertz CT molecular complexity index is 1160. The zero-order valence-electron chi connectivity index (χ0n) is 16.5. The maximum atomic E-state index is 13.0. The van der Waals surface area contributed by atoms with Crippen LogP contribution in [0.4, 0.5) is 42.5 Å². The number of nitrogens with one attached hydrogen (secondary N) is 2. The van der Waals surface area contributed by atoms with Gasteiger partial charge in [-0.05, 0) is 41.5 Å². The first-order valence-electron chi connectivity index (χ1n) is 9.21. The fraction of sp³-hybridized carbons (Fsp3) is 0.0909. The molecular formula is C22H15F6N3O2. The van der Waals surface area contributed by atoms with Crippen molar-refractivity contribution in [1.82, 2.24) is 0 Å². The number of rotatable bonds is 4. The van der Waals surface area contributed by atoms with Crippen molar-refractivity contribution in [2.24, 2.45) is 5.73 Å². The summed E-state index contributed by atoms with van der Waals surface area (Å²) in [5.41, 5.74) is 2.51. The fourth-order valence-corrected chi connectivity index (χ4v) is 2.98. The van der Waals surface area contributed by atoms with Crippen molar-refractivity contribution in [3.63, 3.8) is 0 Å². The van der Waals surface area contributed by atoms with Crippen molar-refractivity contribution in [2.45, 2.75) is 12.4 Å². The number of alkyl halides is 6.